The fourth-order valence-electron chi connectivity index (χ4n) is 4.22. The maximum atomic E-state index is 13.9. The van der Waals surface area contributed by atoms with E-state index >= 15 is 0 Å². The van der Waals surface area contributed by atoms with Crippen molar-refractivity contribution in [2.45, 2.75) is 58.2 Å². The first-order valence-corrected chi connectivity index (χ1v) is 12.5. The number of nitrogens with zero attached hydrogens (tertiary/aromatic N) is 2. The van der Waals surface area contributed by atoms with Crippen molar-refractivity contribution in [3.63, 3.8) is 0 Å². The molecule has 0 fully saturated rings. The molecule has 4 rings (SSSR count). The number of allylic oxidation sites excluding steroid dienone is 2. The molecular formula is C30H35N3O4. The van der Waals surface area contributed by atoms with E-state index in [2.05, 4.69) is 22.5 Å². The van der Waals surface area contributed by atoms with E-state index in [1.807, 2.05) is 33.8 Å². The summed E-state index contributed by atoms with van der Waals surface area (Å²) in [5, 5.41) is 3.11. The summed E-state index contributed by atoms with van der Waals surface area (Å²) in [4.78, 5) is 33.4. The summed E-state index contributed by atoms with van der Waals surface area (Å²) < 4.78 is 11.4. The zero-order chi connectivity index (χ0) is 26.4. The number of amides is 2. The van der Waals surface area contributed by atoms with Crippen LogP contribution in [0.15, 0.2) is 95.4 Å². The average Bonchev–Trinajstić information content (AvgIpc) is 3.43. The van der Waals surface area contributed by atoms with E-state index in [9.17, 15) is 9.59 Å². The number of benzene rings is 1. The molecule has 0 radical (unpaired) electrons. The molecule has 0 spiro atoms. The highest BCUT2D eigenvalue weighted by Crippen LogP contribution is 2.32. The molecule has 0 saturated carbocycles. The Morgan fingerprint density at radius 1 is 1.11 bits per heavy atom. The van der Waals surface area contributed by atoms with Crippen LogP contribution >= 0.6 is 0 Å². The topological polar surface area (TPSA) is 84.7 Å². The van der Waals surface area contributed by atoms with Crippen LogP contribution in [-0.2, 0) is 4.79 Å². The quantitative estimate of drug-likeness (QED) is 0.393. The summed E-state index contributed by atoms with van der Waals surface area (Å²) >= 11 is 0. The van der Waals surface area contributed by atoms with Gasteiger partial charge < -0.3 is 14.5 Å². The van der Waals surface area contributed by atoms with Crippen molar-refractivity contribution in [2.75, 3.05) is 4.90 Å². The number of hydrogen-bond donors (Lipinski definition) is 1. The van der Waals surface area contributed by atoms with Crippen molar-refractivity contribution in [1.82, 2.24) is 10.3 Å². The zero-order valence-corrected chi connectivity index (χ0v) is 21.7. The predicted octanol–water partition coefficient (Wildman–Crippen LogP) is 6.27. The minimum absolute atomic E-state index is 0. The van der Waals surface area contributed by atoms with Crippen molar-refractivity contribution < 1.29 is 20.2 Å². The van der Waals surface area contributed by atoms with Crippen molar-refractivity contribution in [3.05, 3.63) is 102 Å². The second-order valence-electron chi connectivity index (χ2n) is 9.96. The van der Waals surface area contributed by atoms with Gasteiger partial charge in [-0.05, 0) is 88.6 Å². The van der Waals surface area contributed by atoms with Gasteiger partial charge in [-0.2, -0.15) is 0 Å². The molecule has 37 heavy (non-hydrogen) atoms. The van der Waals surface area contributed by atoms with Gasteiger partial charge in [0.15, 0.2) is 5.76 Å². The molecule has 2 heterocycles. The van der Waals surface area contributed by atoms with Crippen LogP contribution in [-0.4, -0.2) is 28.4 Å². The van der Waals surface area contributed by atoms with E-state index in [0.717, 1.165) is 18.4 Å². The summed E-state index contributed by atoms with van der Waals surface area (Å²) in [7, 11) is 0. The molecule has 1 aromatic carbocycles. The summed E-state index contributed by atoms with van der Waals surface area (Å²) in [6.45, 7) is 7.84. The molecule has 2 atom stereocenters. The first kappa shape index (κ1) is 25.9. The summed E-state index contributed by atoms with van der Waals surface area (Å²) in [6.07, 6.45) is 12.9. The summed E-state index contributed by atoms with van der Waals surface area (Å²) in [6, 6.07) is 12.7. The van der Waals surface area contributed by atoms with Gasteiger partial charge in [0.05, 0.1) is 12.3 Å². The van der Waals surface area contributed by atoms with Crippen LogP contribution in [0, 0.1) is 0 Å². The number of carbonyl (C=O) groups excluding carboxylic acids is 2. The van der Waals surface area contributed by atoms with Crippen LogP contribution in [0.4, 0.5) is 5.69 Å². The van der Waals surface area contributed by atoms with Crippen LogP contribution in [0.25, 0.3) is 0 Å². The van der Waals surface area contributed by atoms with E-state index in [-0.39, 0.29) is 24.7 Å². The molecule has 1 aliphatic rings. The fourth-order valence-corrected chi connectivity index (χ4v) is 4.22. The molecule has 0 bridgehead atoms. The Hall–Kier alpha value is -4.13. The van der Waals surface area contributed by atoms with Gasteiger partial charge in [-0.1, -0.05) is 24.3 Å². The van der Waals surface area contributed by atoms with Crippen molar-refractivity contribution in [3.8, 4) is 5.75 Å². The molecule has 194 valence electrons. The van der Waals surface area contributed by atoms with Crippen LogP contribution in [0.1, 0.15) is 64.1 Å². The molecule has 0 saturated heterocycles. The third kappa shape index (κ3) is 6.55. The van der Waals surface area contributed by atoms with Crippen LogP contribution in [0.3, 0.4) is 0 Å². The lowest BCUT2D eigenvalue weighted by Crippen LogP contribution is -2.46. The van der Waals surface area contributed by atoms with Gasteiger partial charge in [-0.15, -0.1) is 0 Å². The molecule has 7 nitrogen and oxygen atoms in total. The lowest BCUT2D eigenvalue weighted by atomic mass is 9.99. The monoisotopic (exact) mass is 501 g/mol. The molecule has 2 amide bonds. The number of furan rings is 1. The van der Waals surface area contributed by atoms with Crippen molar-refractivity contribution in [1.29, 1.82) is 0 Å². The zero-order valence-electron chi connectivity index (χ0n) is 21.7. The number of aromatic nitrogens is 1. The van der Waals surface area contributed by atoms with Gasteiger partial charge in [0, 0.05) is 25.1 Å². The van der Waals surface area contributed by atoms with Gasteiger partial charge in [0.25, 0.3) is 5.91 Å². The van der Waals surface area contributed by atoms with Gasteiger partial charge in [0.2, 0.25) is 5.91 Å². The normalized spacial score (nSPS) is 14.9. The Bertz CT molecular complexity index is 1260. The molecule has 1 N–H and O–H groups in total. The molecule has 7 heteroatoms. The standard InChI is InChI=1S/C30H33N3O4.H2/c1-21(22-10-6-5-7-11-22)32-28(34)27(23-12-8-18-31-20-23)33(29(35)26-13-9-19-36-26)24-14-16-25(17-15-24)37-30(2,3)4;/h6,8-21,27H,5,7H2,1-4H3,(H,32,34);1H/t21-,27?;/m0./s1. The van der Waals surface area contributed by atoms with Gasteiger partial charge in [-0.25, -0.2) is 0 Å². The highest BCUT2D eigenvalue weighted by Gasteiger charge is 2.35. The third-order valence-corrected chi connectivity index (χ3v) is 5.88. The molecule has 3 aromatic rings. The second kappa shape index (κ2) is 11.3. The van der Waals surface area contributed by atoms with E-state index < -0.39 is 11.9 Å². The third-order valence-electron chi connectivity index (χ3n) is 5.88. The van der Waals surface area contributed by atoms with Gasteiger partial charge >= 0.3 is 0 Å². The first-order valence-electron chi connectivity index (χ1n) is 12.5. The van der Waals surface area contributed by atoms with Crippen LogP contribution in [0.2, 0.25) is 0 Å². The number of carbonyl (C=O) groups is 2. The van der Waals surface area contributed by atoms with Crippen molar-refractivity contribution >= 4 is 17.5 Å². The summed E-state index contributed by atoms with van der Waals surface area (Å²) in [5.74, 6) is 0.0228. The maximum Gasteiger partial charge on any atom is 0.294 e. The van der Waals surface area contributed by atoms with Crippen molar-refractivity contribution in [2.24, 2.45) is 0 Å². The molecule has 1 aliphatic carbocycles. The molecular weight excluding hydrogens is 466 g/mol. The fraction of sp³-hybridized carbons (Fsp3) is 0.300. The highest BCUT2D eigenvalue weighted by atomic mass is 16.5. The largest absolute Gasteiger partial charge is 0.488 e. The minimum atomic E-state index is -0.990. The molecule has 0 aliphatic heterocycles. The van der Waals surface area contributed by atoms with Crippen LogP contribution in [0.5, 0.6) is 5.75 Å². The number of nitrogens with one attached hydrogen (secondary N) is 1. The number of hydrogen-bond acceptors (Lipinski definition) is 5. The highest BCUT2D eigenvalue weighted by molar-refractivity contribution is 6.08. The second-order valence-corrected chi connectivity index (χ2v) is 9.96. The maximum absolute atomic E-state index is 13.9. The lowest BCUT2D eigenvalue weighted by molar-refractivity contribution is -0.122. The Morgan fingerprint density at radius 3 is 2.49 bits per heavy atom. The van der Waals surface area contributed by atoms with Crippen LogP contribution < -0.4 is 15.0 Å². The Labute approximate surface area is 219 Å². The van der Waals surface area contributed by atoms with E-state index in [1.54, 1.807) is 60.9 Å². The average molecular weight is 502 g/mol. The SMILES string of the molecule is C[C@H](NC(=O)C(c1cccnc1)N(C(=O)c1ccco1)c1ccc(OC(C)(C)C)cc1)C1=CCCC=C1.[HH]. The number of pyridine rings is 1. The van der Waals surface area contributed by atoms with Gasteiger partial charge in [-0.3, -0.25) is 19.5 Å². The minimum Gasteiger partial charge on any atom is -0.488 e. The smallest absolute Gasteiger partial charge is 0.294 e. The number of anilines is 1. The molecule has 1 unspecified atom stereocenters. The summed E-state index contributed by atoms with van der Waals surface area (Å²) in [5.41, 5.74) is 1.77. The number of rotatable bonds is 8. The Kier molecular flexibility index (Phi) is 7.92. The number of ether oxygens (including phenoxy) is 1. The predicted molar refractivity (Wildman–Crippen MR) is 145 cm³/mol. The van der Waals surface area contributed by atoms with Gasteiger partial charge in [0.1, 0.15) is 17.4 Å². The molecule has 2 aromatic heterocycles. The van der Waals surface area contributed by atoms with E-state index in [4.69, 9.17) is 9.15 Å². The van der Waals surface area contributed by atoms with E-state index in [0.29, 0.717) is 17.0 Å². The first-order chi connectivity index (χ1) is 17.7. The Balaban J connectivity index is 0.00000400. The van der Waals surface area contributed by atoms with E-state index in [1.165, 1.54) is 11.2 Å². The lowest BCUT2D eigenvalue weighted by Gasteiger charge is -2.32. The Morgan fingerprint density at radius 2 is 1.89 bits per heavy atom.